The molecular weight excluding hydrogens is 352 g/mol. The van der Waals surface area contributed by atoms with E-state index in [-0.39, 0.29) is 5.41 Å². The van der Waals surface area contributed by atoms with Crippen LogP contribution in [-0.4, -0.2) is 70.5 Å². The van der Waals surface area contributed by atoms with E-state index >= 15 is 0 Å². The van der Waals surface area contributed by atoms with Gasteiger partial charge in [-0.25, -0.2) is 9.97 Å². The number of likely N-dealkylation sites (tertiary alicyclic amines) is 1. The van der Waals surface area contributed by atoms with Gasteiger partial charge in [0.1, 0.15) is 5.82 Å². The van der Waals surface area contributed by atoms with Gasteiger partial charge in [0.15, 0.2) is 5.82 Å². The smallest absolute Gasteiger partial charge is 0.161 e. The zero-order chi connectivity index (χ0) is 19.3. The average Bonchev–Trinajstić information content (AvgIpc) is 3.25. The third-order valence-corrected chi connectivity index (χ3v) is 6.88. The number of aliphatic hydroxyl groups excluding tert-OH is 2. The van der Waals surface area contributed by atoms with Gasteiger partial charge in [-0.3, -0.25) is 0 Å². The first kappa shape index (κ1) is 18.0. The monoisotopic (exact) mass is 380 g/mol. The number of hydrogen-bond acceptors (Lipinski definition) is 6. The van der Waals surface area contributed by atoms with E-state index in [2.05, 4.69) is 29.0 Å². The number of β-amino-alcohol motifs (C(OH)–C–C–N with tert-alkyl or cyclic N) is 2. The Labute approximate surface area is 165 Å². The van der Waals surface area contributed by atoms with Crippen LogP contribution >= 0.6 is 0 Å². The summed E-state index contributed by atoms with van der Waals surface area (Å²) in [5.74, 6) is 1.67. The predicted molar refractivity (Wildman–Crippen MR) is 108 cm³/mol. The summed E-state index contributed by atoms with van der Waals surface area (Å²) in [4.78, 5) is 14.5. The molecular formula is C22H28N4O2. The Bertz CT molecular complexity index is 854. The van der Waals surface area contributed by atoms with Crippen LogP contribution in [-0.2, 0) is 11.8 Å². The van der Waals surface area contributed by atoms with Crippen LogP contribution in [0.2, 0.25) is 0 Å². The van der Waals surface area contributed by atoms with Gasteiger partial charge in [0, 0.05) is 29.6 Å². The first-order valence-electron chi connectivity index (χ1n) is 10.3. The van der Waals surface area contributed by atoms with E-state index in [9.17, 15) is 10.2 Å². The fourth-order valence-electron chi connectivity index (χ4n) is 5.08. The molecule has 3 aliphatic rings. The molecule has 1 spiro atoms. The highest BCUT2D eigenvalue weighted by atomic mass is 16.3. The van der Waals surface area contributed by atoms with Crippen molar-refractivity contribution in [2.45, 2.75) is 43.3 Å². The lowest BCUT2D eigenvalue weighted by atomic mass is 9.76. The maximum Gasteiger partial charge on any atom is 0.161 e. The third kappa shape index (κ3) is 2.91. The van der Waals surface area contributed by atoms with E-state index in [1.807, 2.05) is 18.2 Å². The molecule has 0 saturated carbocycles. The molecule has 2 N–H and O–H groups in total. The van der Waals surface area contributed by atoms with Crippen LogP contribution in [0, 0.1) is 0 Å². The van der Waals surface area contributed by atoms with Gasteiger partial charge in [0.25, 0.3) is 0 Å². The summed E-state index contributed by atoms with van der Waals surface area (Å²) in [6.07, 6.45) is 2.93. The van der Waals surface area contributed by atoms with E-state index in [4.69, 9.17) is 9.97 Å². The van der Waals surface area contributed by atoms with Crippen LogP contribution in [0.3, 0.4) is 0 Å². The maximum absolute atomic E-state index is 10.1. The minimum absolute atomic E-state index is 0.139. The normalized spacial score (nSPS) is 26.8. The zero-order valence-corrected chi connectivity index (χ0v) is 16.4. The Kier molecular flexibility index (Phi) is 4.38. The summed E-state index contributed by atoms with van der Waals surface area (Å²) < 4.78 is 0. The summed E-state index contributed by atoms with van der Waals surface area (Å²) in [7, 11) is 2.19. The molecule has 2 aliphatic heterocycles. The van der Waals surface area contributed by atoms with E-state index in [0.29, 0.717) is 13.1 Å². The largest absolute Gasteiger partial charge is 0.389 e. The highest BCUT2D eigenvalue weighted by Crippen LogP contribution is 2.48. The average molecular weight is 380 g/mol. The topological polar surface area (TPSA) is 72.7 Å². The van der Waals surface area contributed by atoms with Crippen molar-refractivity contribution in [2.24, 2.45) is 0 Å². The number of anilines is 1. The number of benzene rings is 1. The Hall–Kier alpha value is -2.02. The molecule has 0 bridgehead atoms. The standard InChI is InChI=1S/C22H28N4O2/c1-25-11-9-22(10-12-25)8-7-16-19(22)23-20(15-5-3-2-4-6-15)24-21(16)26-13-17(27)18(28)14-26/h2-6,17-18,27-28H,7-14H2,1H3/t17-,18-/m1/s1. The Morgan fingerprint density at radius 1 is 0.964 bits per heavy atom. The number of hydrogen-bond donors (Lipinski definition) is 2. The Morgan fingerprint density at radius 2 is 1.64 bits per heavy atom. The van der Waals surface area contributed by atoms with Crippen molar-refractivity contribution in [2.75, 3.05) is 38.1 Å². The summed E-state index contributed by atoms with van der Waals surface area (Å²) in [5, 5.41) is 20.2. The van der Waals surface area contributed by atoms with E-state index < -0.39 is 12.2 Å². The SMILES string of the molecule is CN1CCC2(CCc3c(N4C[C@@H](O)[C@H](O)C4)nc(-c4ccccc4)nc32)CC1. The second kappa shape index (κ2) is 6.79. The third-order valence-electron chi connectivity index (χ3n) is 6.88. The van der Waals surface area contributed by atoms with Crippen LogP contribution in [0.5, 0.6) is 0 Å². The van der Waals surface area contributed by atoms with Gasteiger partial charge < -0.3 is 20.0 Å². The molecule has 6 heteroatoms. The molecule has 1 aromatic heterocycles. The van der Waals surface area contributed by atoms with Crippen molar-refractivity contribution in [3.8, 4) is 11.4 Å². The minimum atomic E-state index is -0.718. The summed E-state index contributed by atoms with van der Waals surface area (Å²) >= 11 is 0. The first-order chi connectivity index (χ1) is 13.6. The second-order valence-electron chi connectivity index (χ2n) is 8.69. The quantitative estimate of drug-likeness (QED) is 0.825. The maximum atomic E-state index is 10.1. The minimum Gasteiger partial charge on any atom is -0.389 e. The van der Waals surface area contributed by atoms with Crippen molar-refractivity contribution in [3.63, 3.8) is 0 Å². The Balaban J connectivity index is 1.63. The van der Waals surface area contributed by atoms with Crippen molar-refractivity contribution >= 4 is 5.82 Å². The molecule has 148 valence electrons. The highest BCUT2D eigenvalue weighted by Gasteiger charge is 2.45. The van der Waals surface area contributed by atoms with Gasteiger partial charge in [0.2, 0.25) is 0 Å². The molecule has 0 amide bonds. The number of nitrogens with zero attached hydrogens (tertiary/aromatic N) is 4. The molecule has 5 rings (SSSR count). The molecule has 0 unspecified atom stereocenters. The van der Waals surface area contributed by atoms with Crippen molar-refractivity contribution in [1.82, 2.24) is 14.9 Å². The fourth-order valence-corrected chi connectivity index (χ4v) is 5.08. The number of aromatic nitrogens is 2. The molecule has 6 nitrogen and oxygen atoms in total. The number of aliphatic hydroxyl groups is 2. The summed E-state index contributed by atoms with van der Waals surface area (Å²) in [5.41, 5.74) is 3.59. The number of piperidine rings is 1. The van der Waals surface area contributed by atoms with Crippen molar-refractivity contribution < 1.29 is 10.2 Å². The van der Waals surface area contributed by atoms with Crippen LogP contribution in [0.4, 0.5) is 5.82 Å². The van der Waals surface area contributed by atoms with Crippen LogP contribution < -0.4 is 4.90 Å². The molecule has 2 atom stereocenters. The number of rotatable bonds is 2. The van der Waals surface area contributed by atoms with Crippen LogP contribution in [0.25, 0.3) is 11.4 Å². The van der Waals surface area contributed by atoms with E-state index in [0.717, 1.165) is 56.0 Å². The van der Waals surface area contributed by atoms with Gasteiger partial charge >= 0.3 is 0 Å². The first-order valence-corrected chi connectivity index (χ1v) is 10.3. The lowest BCUT2D eigenvalue weighted by Crippen LogP contribution is -2.40. The molecule has 2 fully saturated rings. The Morgan fingerprint density at radius 3 is 2.32 bits per heavy atom. The lowest BCUT2D eigenvalue weighted by Gasteiger charge is -2.38. The van der Waals surface area contributed by atoms with Crippen LogP contribution in [0.1, 0.15) is 30.5 Å². The predicted octanol–water partition coefficient (Wildman–Crippen LogP) is 1.59. The van der Waals surface area contributed by atoms with Crippen LogP contribution in [0.15, 0.2) is 30.3 Å². The van der Waals surface area contributed by atoms with Gasteiger partial charge in [-0.15, -0.1) is 0 Å². The van der Waals surface area contributed by atoms with E-state index in [1.165, 1.54) is 11.3 Å². The van der Waals surface area contributed by atoms with Crippen molar-refractivity contribution in [3.05, 3.63) is 41.6 Å². The van der Waals surface area contributed by atoms with Gasteiger partial charge in [0.05, 0.1) is 17.9 Å². The highest BCUT2D eigenvalue weighted by molar-refractivity contribution is 5.63. The fraction of sp³-hybridized carbons (Fsp3) is 0.545. The zero-order valence-electron chi connectivity index (χ0n) is 16.4. The molecule has 2 aromatic rings. The van der Waals surface area contributed by atoms with Gasteiger partial charge in [-0.2, -0.15) is 0 Å². The molecule has 3 heterocycles. The molecule has 1 aromatic carbocycles. The van der Waals surface area contributed by atoms with E-state index in [1.54, 1.807) is 0 Å². The molecule has 0 radical (unpaired) electrons. The van der Waals surface area contributed by atoms with Crippen molar-refractivity contribution in [1.29, 1.82) is 0 Å². The van der Waals surface area contributed by atoms with Gasteiger partial charge in [-0.1, -0.05) is 30.3 Å². The lowest BCUT2D eigenvalue weighted by molar-refractivity contribution is 0.0572. The molecule has 2 saturated heterocycles. The second-order valence-corrected chi connectivity index (χ2v) is 8.69. The summed E-state index contributed by atoms with van der Waals surface area (Å²) in [6.45, 7) is 3.05. The van der Waals surface area contributed by atoms with Gasteiger partial charge in [-0.05, 0) is 45.8 Å². The molecule has 28 heavy (non-hydrogen) atoms. The molecule has 1 aliphatic carbocycles. The number of fused-ring (bicyclic) bond motifs is 2. The summed E-state index contributed by atoms with van der Waals surface area (Å²) in [6, 6.07) is 10.1.